The summed E-state index contributed by atoms with van der Waals surface area (Å²) in [6, 6.07) is 110. The molecule has 13 aromatic carbocycles. The molecular formula is C95H84BN3. The zero-order valence-electron chi connectivity index (χ0n) is 59.1. The normalized spacial score (nSPS) is 13.0. The first kappa shape index (κ1) is 63.0. The highest BCUT2D eigenvalue weighted by Crippen LogP contribution is 2.51. The zero-order chi connectivity index (χ0) is 68.3. The first-order valence-corrected chi connectivity index (χ1v) is 35.2. The van der Waals surface area contributed by atoms with Gasteiger partial charge in [0.15, 0.2) is 0 Å². The van der Waals surface area contributed by atoms with Crippen LogP contribution >= 0.6 is 0 Å². The van der Waals surface area contributed by atoms with Crippen LogP contribution in [-0.2, 0) is 21.7 Å². The van der Waals surface area contributed by atoms with E-state index < -0.39 is 0 Å². The summed E-state index contributed by atoms with van der Waals surface area (Å²) in [7, 11) is 0. The van der Waals surface area contributed by atoms with Crippen LogP contribution in [0.4, 0.5) is 34.1 Å². The maximum absolute atomic E-state index is 5.94. The van der Waals surface area contributed by atoms with Gasteiger partial charge in [-0.05, 0) is 235 Å². The lowest BCUT2D eigenvalue weighted by Crippen LogP contribution is -2.61. The van der Waals surface area contributed by atoms with Crippen LogP contribution in [0.1, 0.15) is 105 Å². The number of nitrogens with zero attached hydrogens (tertiary/aromatic N) is 3. The second-order valence-corrected chi connectivity index (χ2v) is 31.8. The van der Waals surface area contributed by atoms with E-state index in [1.807, 2.05) is 0 Å². The number of anilines is 6. The van der Waals surface area contributed by atoms with Crippen LogP contribution in [0.15, 0.2) is 291 Å². The molecule has 0 unspecified atom stereocenters. The van der Waals surface area contributed by atoms with Crippen LogP contribution in [-0.4, -0.2) is 11.7 Å². The van der Waals surface area contributed by atoms with Gasteiger partial charge in [-0.25, -0.2) is 4.98 Å². The Balaban J connectivity index is 1.07. The quantitative estimate of drug-likeness (QED) is 0.134. The zero-order valence-corrected chi connectivity index (χ0v) is 59.1. The van der Waals surface area contributed by atoms with Crippen LogP contribution in [0.3, 0.4) is 0 Å². The minimum absolute atomic E-state index is 0.144. The Hall–Kier alpha value is -10.8. The van der Waals surface area contributed by atoms with Crippen molar-refractivity contribution in [1.29, 1.82) is 0 Å². The minimum atomic E-state index is -0.151. The van der Waals surface area contributed by atoms with Gasteiger partial charge in [0.1, 0.15) is 0 Å². The predicted octanol–water partition coefficient (Wildman–Crippen LogP) is 24.3. The molecule has 2 aliphatic heterocycles. The molecule has 0 amide bonds. The van der Waals surface area contributed by atoms with Crippen molar-refractivity contribution >= 4 is 78.8 Å². The molecule has 16 rings (SSSR count). The van der Waals surface area contributed by atoms with Crippen molar-refractivity contribution in [1.82, 2.24) is 4.98 Å². The number of aromatic nitrogens is 1. The van der Waals surface area contributed by atoms with E-state index in [0.29, 0.717) is 0 Å². The Morgan fingerprint density at radius 2 is 0.495 bits per heavy atom. The molecule has 2 aliphatic rings. The number of hydrogen-bond acceptors (Lipinski definition) is 3. The van der Waals surface area contributed by atoms with E-state index >= 15 is 0 Å². The van der Waals surface area contributed by atoms with Gasteiger partial charge in [-0.3, -0.25) is 0 Å². The highest BCUT2D eigenvalue weighted by molar-refractivity contribution is 7.00. The molecule has 4 heteroatoms. The van der Waals surface area contributed by atoms with Crippen LogP contribution in [0.25, 0.3) is 99.7 Å². The number of hydrogen-bond donors (Lipinski definition) is 0. The summed E-state index contributed by atoms with van der Waals surface area (Å²) in [6.07, 6.45) is 0. The molecule has 0 bridgehead atoms. The van der Waals surface area contributed by atoms with E-state index in [4.69, 9.17) is 4.98 Å². The van der Waals surface area contributed by atoms with Gasteiger partial charge in [-0.2, -0.15) is 0 Å². The molecule has 3 nitrogen and oxygen atoms in total. The summed E-state index contributed by atoms with van der Waals surface area (Å²) >= 11 is 0. The summed E-state index contributed by atoms with van der Waals surface area (Å²) in [5.74, 6) is 0. The van der Waals surface area contributed by atoms with Crippen LogP contribution in [0, 0.1) is 0 Å². The fourth-order valence-electron chi connectivity index (χ4n) is 15.0. The Bertz CT molecular complexity index is 4960. The molecule has 0 spiro atoms. The highest BCUT2D eigenvalue weighted by atomic mass is 15.2. The van der Waals surface area contributed by atoms with Crippen LogP contribution in [0.2, 0.25) is 0 Å². The van der Waals surface area contributed by atoms with Gasteiger partial charge in [0, 0.05) is 45.3 Å². The lowest BCUT2D eigenvalue weighted by atomic mass is 9.33. The highest BCUT2D eigenvalue weighted by Gasteiger charge is 2.45. The average Bonchev–Trinajstić information content (AvgIpc) is 0.690. The smallest absolute Gasteiger partial charge is 0.252 e. The van der Waals surface area contributed by atoms with Gasteiger partial charge in [0.25, 0.3) is 6.71 Å². The third-order valence-electron chi connectivity index (χ3n) is 20.7. The summed E-state index contributed by atoms with van der Waals surface area (Å²) in [4.78, 5) is 11.3. The van der Waals surface area contributed by atoms with Crippen molar-refractivity contribution in [2.75, 3.05) is 9.80 Å². The Labute approximate surface area is 586 Å². The first-order chi connectivity index (χ1) is 47.5. The van der Waals surface area contributed by atoms with Gasteiger partial charge in [-0.1, -0.05) is 277 Å². The Morgan fingerprint density at radius 1 is 0.232 bits per heavy atom. The SMILES string of the molecule is CC(C)(C)c1cc(N2c3cc4ccccc4cc3B3c4cc5ccccc5cc4N(c4cc(C(C)(C)C)cc(C(C)(C)C)c4)c4cc(-c5cc(-c6cc(-c7ccccc7)cc(-c7ccccc7)c6)nc(-c6cc(-c7ccccc7)cc(-c7ccccc7)c6)c5)cc2c43)cc(C(C)(C)C)c1. The molecule has 0 atom stereocenters. The molecule has 1 aromatic heterocycles. The van der Waals surface area contributed by atoms with Crippen molar-refractivity contribution in [3.8, 4) is 78.1 Å². The minimum Gasteiger partial charge on any atom is -0.311 e. The third-order valence-corrected chi connectivity index (χ3v) is 20.7. The molecule has 482 valence electrons. The molecule has 0 N–H and O–H groups in total. The van der Waals surface area contributed by atoms with Crippen LogP contribution in [0.5, 0.6) is 0 Å². The number of benzene rings is 13. The summed E-state index contributed by atoms with van der Waals surface area (Å²) in [6.45, 7) is 28.2. The number of rotatable bonds is 9. The molecule has 0 saturated heterocycles. The number of fused-ring (bicyclic) bond motifs is 6. The molecule has 0 radical (unpaired) electrons. The van der Waals surface area contributed by atoms with Gasteiger partial charge in [0.05, 0.1) is 11.4 Å². The van der Waals surface area contributed by atoms with Crippen molar-refractivity contribution in [2.24, 2.45) is 0 Å². The average molecular weight is 1280 g/mol. The molecule has 14 aromatic rings. The molecular weight excluding hydrogens is 1190 g/mol. The lowest BCUT2D eigenvalue weighted by molar-refractivity contribution is 0.568. The summed E-state index contributed by atoms with van der Waals surface area (Å²) in [5, 5.41) is 4.86. The van der Waals surface area contributed by atoms with E-state index in [-0.39, 0.29) is 28.4 Å². The lowest BCUT2D eigenvalue weighted by Gasteiger charge is -2.45. The standard InChI is InChI=1S/C95H84BN3/c1-92(2,3)77-55-78(93(4,5)6)58-81(57-77)98-87-51-67-39-27-25-37-65(67)47-83(87)96-84-48-66-38-26-28-40-68(66)52-88(84)99(82-59-79(94(7,8)9)56-80(60-82)95(10,11)12)90-54-74(53-89(98)91(90)96)73-49-85(75-43-69(61-29-17-13-18-30-61)41-70(44-75)62-31-19-14-20-32-62)97-86(50-73)76-45-71(63-33-21-15-22-34-63)42-72(46-76)64-35-23-16-24-36-64/h13-60H,1-12H3. The summed E-state index contributed by atoms with van der Waals surface area (Å²) in [5.41, 5.74) is 30.5. The topological polar surface area (TPSA) is 19.4 Å². The summed E-state index contributed by atoms with van der Waals surface area (Å²) < 4.78 is 0. The van der Waals surface area contributed by atoms with E-state index in [1.165, 1.54) is 71.6 Å². The second-order valence-electron chi connectivity index (χ2n) is 31.8. The van der Waals surface area contributed by atoms with Crippen molar-refractivity contribution in [3.05, 3.63) is 313 Å². The maximum atomic E-state index is 5.94. The second kappa shape index (κ2) is 24.0. The van der Waals surface area contributed by atoms with E-state index in [1.54, 1.807) is 0 Å². The first-order valence-electron chi connectivity index (χ1n) is 35.2. The van der Waals surface area contributed by atoms with E-state index in [0.717, 1.165) is 101 Å². The largest absolute Gasteiger partial charge is 0.311 e. The maximum Gasteiger partial charge on any atom is 0.252 e. The van der Waals surface area contributed by atoms with Gasteiger partial charge in [0.2, 0.25) is 0 Å². The molecule has 0 aliphatic carbocycles. The Morgan fingerprint density at radius 3 is 0.798 bits per heavy atom. The van der Waals surface area contributed by atoms with Crippen molar-refractivity contribution < 1.29 is 0 Å². The van der Waals surface area contributed by atoms with Crippen molar-refractivity contribution in [2.45, 2.75) is 105 Å². The van der Waals surface area contributed by atoms with E-state index in [9.17, 15) is 0 Å². The van der Waals surface area contributed by atoms with Crippen molar-refractivity contribution in [3.63, 3.8) is 0 Å². The molecule has 99 heavy (non-hydrogen) atoms. The van der Waals surface area contributed by atoms with Gasteiger partial charge < -0.3 is 9.80 Å². The predicted molar refractivity (Wildman–Crippen MR) is 426 cm³/mol. The molecule has 0 saturated carbocycles. The fourth-order valence-corrected chi connectivity index (χ4v) is 15.0. The fraction of sp³-hybridized carbons (Fsp3) is 0.168. The number of pyridine rings is 1. The molecule has 3 heterocycles. The van der Waals surface area contributed by atoms with Gasteiger partial charge in [-0.15, -0.1) is 0 Å². The van der Waals surface area contributed by atoms with E-state index in [2.05, 4.69) is 384 Å². The monoisotopic (exact) mass is 1280 g/mol. The Kier molecular flexibility index (Phi) is 15.3. The molecule has 0 fully saturated rings. The van der Waals surface area contributed by atoms with Gasteiger partial charge >= 0.3 is 0 Å². The third kappa shape index (κ3) is 11.8. The van der Waals surface area contributed by atoms with Crippen LogP contribution < -0.4 is 26.2 Å².